The van der Waals surface area contributed by atoms with Crippen molar-refractivity contribution < 1.29 is 4.39 Å². The maximum absolute atomic E-state index is 13.2. The summed E-state index contributed by atoms with van der Waals surface area (Å²) in [4.78, 5) is 0. The van der Waals surface area contributed by atoms with Crippen LogP contribution in [0.5, 0.6) is 0 Å². The average molecular weight is 165 g/mol. The van der Waals surface area contributed by atoms with Crippen molar-refractivity contribution in [2.24, 2.45) is 0 Å². The summed E-state index contributed by atoms with van der Waals surface area (Å²) in [5.74, 6) is 0. The zero-order valence-corrected chi connectivity index (χ0v) is 6.83. The largest absolute Gasteiger partial charge is 0.307 e. The predicted molar refractivity (Wildman–Crippen MR) is 46.7 cm³/mol. The summed E-state index contributed by atoms with van der Waals surface area (Å²) in [5.41, 5.74) is 1.06. The van der Waals surface area contributed by atoms with Gasteiger partial charge in [0.1, 0.15) is 6.17 Å². The van der Waals surface area contributed by atoms with Crippen molar-refractivity contribution in [3.8, 4) is 0 Å². The molecule has 1 aliphatic rings. The lowest BCUT2D eigenvalue weighted by Crippen LogP contribution is -2.18. The third-order valence-corrected chi connectivity index (χ3v) is 2.30. The number of rotatable bonds is 1. The molecule has 1 N–H and O–H groups in total. The van der Waals surface area contributed by atoms with E-state index in [9.17, 15) is 4.39 Å². The fourth-order valence-corrected chi connectivity index (χ4v) is 1.66. The predicted octanol–water partition coefficient (Wildman–Crippen LogP) is 2.06. The van der Waals surface area contributed by atoms with Crippen LogP contribution >= 0.6 is 0 Å². The molecule has 64 valence electrons. The second kappa shape index (κ2) is 3.23. The van der Waals surface area contributed by atoms with Crippen LogP contribution in [-0.2, 0) is 0 Å². The molecule has 0 aliphatic carbocycles. The fourth-order valence-electron chi connectivity index (χ4n) is 1.66. The zero-order chi connectivity index (χ0) is 8.39. The van der Waals surface area contributed by atoms with Crippen LogP contribution in [0.3, 0.4) is 0 Å². The number of benzene rings is 1. The Balaban J connectivity index is 2.19. The molecule has 0 amide bonds. The first-order valence-corrected chi connectivity index (χ1v) is 4.30. The first kappa shape index (κ1) is 7.74. The van der Waals surface area contributed by atoms with E-state index in [-0.39, 0.29) is 6.04 Å². The normalized spacial score (nSPS) is 29.1. The number of nitrogens with one attached hydrogen (secondary N) is 1. The molecule has 1 heterocycles. The fraction of sp³-hybridized carbons (Fsp3) is 0.400. The lowest BCUT2D eigenvalue weighted by Gasteiger charge is -2.12. The van der Waals surface area contributed by atoms with Crippen molar-refractivity contribution in [3.63, 3.8) is 0 Å². The molecule has 0 radical (unpaired) electrons. The Bertz CT molecular complexity index is 247. The molecule has 0 spiro atoms. The van der Waals surface area contributed by atoms with E-state index in [1.54, 1.807) is 0 Å². The molecular weight excluding hydrogens is 153 g/mol. The van der Waals surface area contributed by atoms with Gasteiger partial charge < -0.3 is 5.32 Å². The van der Waals surface area contributed by atoms with Crippen LogP contribution in [0.15, 0.2) is 30.3 Å². The minimum Gasteiger partial charge on any atom is -0.307 e. The van der Waals surface area contributed by atoms with Gasteiger partial charge in [-0.2, -0.15) is 0 Å². The Morgan fingerprint density at radius 2 is 2.00 bits per heavy atom. The Kier molecular flexibility index (Phi) is 2.09. The summed E-state index contributed by atoms with van der Waals surface area (Å²) in [6, 6.07) is 9.70. The van der Waals surface area contributed by atoms with Gasteiger partial charge in [-0.15, -0.1) is 0 Å². The minimum absolute atomic E-state index is 0.0776. The van der Waals surface area contributed by atoms with Gasteiger partial charge in [0.05, 0.1) is 6.04 Å². The van der Waals surface area contributed by atoms with Gasteiger partial charge in [-0.05, 0) is 18.5 Å². The van der Waals surface area contributed by atoms with Gasteiger partial charge in [0.2, 0.25) is 0 Å². The molecule has 2 heteroatoms. The molecule has 0 aromatic heterocycles. The summed E-state index contributed by atoms with van der Waals surface area (Å²) in [5, 5.41) is 3.15. The molecule has 1 fully saturated rings. The molecular formula is C10H12FN. The van der Waals surface area contributed by atoms with Gasteiger partial charge in [0.15, 0.2) is 0 Å². The monoisotopic (exact) mass is 165 g/mol. The molecule has 2 unspecified atom stereocenters. The van der Waals surface area contributed by atoms with E-state index in [2.05, 4.69) is 5.32 Å². The van der Waals surface area contributed by atoms with Crippen molar-refractivity contribution in [1.29, 1.82) is 0 Å². The molecule has 2 atom stereocenters. The van der Waals surface area contributed by atoms with Crippen molar-refractivity contribution in [2.45, 2.75) is 18.6 Å². The Labute approximate surface area is 71.6 Å². The molecule has 0 saturated carbocycles. The Hall–Kier alpha value is -0.890. The first-order chi connectivity index (χ1) is 5.88. The lowest BCUT2D eigenvalue weighted by atomic mass is 10.0. The molecule has 1 saturated heterocycles. The number of hydrogen-bond donors (Lipinski definition) is 1. The first-order valence-electron chi connectivity index (χ1n) is 4.30. The molecule has 1 aromatic rings. The highest BCUT2D eigenvalue weighted by atomic mass is 19.1. The Morgan fingerprint density at radius 1 is 1.25 bits per heavy atom. The SMILES string of the molecule is FC1CCNC1c1ccccc1. The van der Waals surface area contributed by atoms with Crippen molar-refractivity contribution in [1.82, 2.24) is 5.32 Å². The third kappa shape index (κ3) is 1.34. The molecule has 1 nitrogen and oxygen atoms in total. The van der Waals surface area contributed by atoms with Gasteiger partial charge in [-0.25, -0.2) is 4.39 Å². The lowest BCUT2D eigenvalue weighted by molar-refractivity contribution is 0.304. The smallest absolute Gasteiger partial charge is 0.121 e. The Morgan fingerprint density at radius 3 is 2.58 bits per heavy atom. The van der Waals surface area contributed by atoms with E-state index in [4.69, 9.17) is 0 Å². The number of alkyl halides is 1. The van der Waals surface area contributed by atoms with Crippen LogP contribution in [0.2, 0.25) is 0 Å². The second-order valence-electron chi connectivity index (χ2n) is 3.15. The molecule has 0 bridgehead atoms. The van der Waals surface area contributed by atoms with Gasteiger partial charge in [-0.1, -0.05) is 30.3 Å². The minimum atomic E-state index is -0.715. The van der Waals surface area contributed by atoms with Crippen LogP contribution in [-0.4, -0.2) is 12.7 Å². The number of halogens is 1. The van der Waals surface area contributed by atoms with E-state index in [0.29, 0.717) is 6.42 Å². The highest BCUT2D eigenvalue weighted by molar-refractivity contribution is 5.21. The summed E-state index contributed by atoms with van der Waals surface area (Å²) in [7, 11) is 0. The van der Waals surface area contributed by atoms with Gasteiger partial charge >= 0.3 is 0 Å². The molecule has 1 aromatic carbocycles. The quantitative estimate of drug-likeness (QED) is 0.671. The second-order valence-corrected chi connectivity index (χ2v) is 3.15. The number of hydrogen-bond acceptors (Lipinski definition) is 1. The topological polar surface area (TPSA) is 12.0 Å². The van der Waals surface area contributed by atoms with Crippen molar-refractivity contribution >= 4 is 0 Å². The summed E-state index contributed by atoms with van der Waals surface area (Å²) >= 11 is 0. The molecule has 1 aliphatic heterocycles. The van der Waals surface area contributed by atoms with Crippen LogP contribution in [0, 0.1) is 0 Å². The van der Waals surface area contributed by atoms with E-state index in [1.807, 2.05) is 30.3 Å². The van der Waals surface area contributed by atoms with Gasteiger partial charge in [-0.3, -0.25) is 0 Å². The molecule has 12 heavy (non-hydrogen) atoms. The van der Waals surface area contributed by atoms with Gasteiger partial charge in [0.25, 0.3) is 0 Å². The third-order valence-electron chi connectivity index (χ3n) is 2.30. The molecule has 2 rings (SSSR count). The van der Waals surface area contributed by atoms with Crippen molar-refractivity contribution in [2.75, 3.05) is 6.54 Å². The van der Waals surface area contributed by atoms with E-state index in [1.165, 1.54) is 0 Å². The zero-order valence-electron chi connectivity index (χ0n) is 6.83. The standard InChI is InChI=1S/C10H12FN/c11-9-6-7-12-10(9)8-4-2-1-3-5-8/h1-5,9-10,12H,6-7H2. The summed E-state index contributed by atoms with van der Waals surface area (Å²) in [6.07, 6.45) is -0.0769. The van der Waals surface area contributed by atoms with Crippen LogP contribution in [0.25, 0.3) is 0 Å². The van der Waals surface area contributed by atoms with Gasteiger partial charge in [0, 0.05) is 0 Å². The maximum atomic E-state index is 13.2. The summed E-state index contributed by atoms with van der Waals surface area (Å²) in [6.45, 7) is 0.792. The summed E-state index contributed by atoms with van der Waals surface area (Å²) < 4.78 is 13.2. The van der Waals surface area contributed by atoms with Crippen LogP contribution in [0.4, 0.5) is 4.39 Å². The maximum Gasteiger partial charge on any atom is 0.121 e. The highest BCUT2D eigenvalue weighted by Crippen LogP contribution is 2.25. The van der Waals surface area contributed by atoms with Crippen LogP contribution < -0.4 is 5.32 Å². The van der Waals surface area contributed by atoms with Crippen molar-refractivity contribution in [3.05, 3.63) is 35.9 Å². The van der Waals surface area contributed by atoms with Crippen LogP contribution in [0.1, 0.15) is 18.0 Å². The average Bonchev–Trinajstić information content (AvgIpc) is 2.53. The van der Waals surface area contributed by atoms with E-state index >= 15 is 0 Å². The van der Waals surface area contributed by atoms with E-state index < -0.39 is 6.17 Å². The highest BCUT2D eigenvalue weighted by Gasteiger charge is 2.27. The van der Waals surface area contributed by atoms with E-state index in [0.717, 1.165) is 12.1 Å².